The summed E-state index contributed by atoms with van der Waals surface area (Å²) in [4.78, 5) is 11.9. The highest BCUT2D eigenvalue weighted by Gasteiger charge is 2.34. The van der Waals surface area contributed by atoms with Crippen molar-refractivity contribution in [3.8, 4) is 5.75 Å². The average molecular weight is 262 g/mol. The summed E-state index contributed by atoms with van der Waals surface area (Å²) in [5, 5.41) is 2.87. The van der Waals surface area contributed by atoms with Crippen LogP contribution in [0, 0.1) is 0 Å². The van der Waals surface area contributed by atoms with E-state index in [1.165, 1.54) is 0 Å². The third kappa shape index (κ3) is 3.96. The molecule has 1 fully saturated rings. The predicted molar refractivity (Wildman–Crippen MR) is 76.2 cm³/mol. The molecule has 0 heterocycles. The lowest BCUT2D eigenvalue weighted by Crippen LogP contribution is -2.48. The lowest BCUT2D eigenvalue weighted by molar-refractivity contribution is -0.118. The summed E-state index contributed by atoms with van der Waals surface area (Å²) in [6.45, 7) is 3.96. The van der Waals surface area contributed by atoms with E-state index >= 15 is 0 Å². The lowest BCUT2D eigenvalue weighted by atomic mass is 9.75. The number of carbonyl (C=O) groups is 1. The number of amides is 1. The Labute approximate surface area is 114 Å². The summed E-state index contributed by atoms with van der Waals surface area (Å²) in [6.07, 6.45) is 3.57. The molecule has 0 unspecified atom stereocenters. The van der Waals surface area contributed by atoms with Gasteiger partial charge in [-0.1, -0.05) is 0 Å². The zero-order valence-electron chi connectivity index (χ0n) is 11.6. The van der Waals surface area contributed by atoms with E-state index in [4.69, 9.17) is 10.5 Å². The van der Waals surface area contributed by atoms with Crippen molar-refractivity contribution in [1.82, 2.24) is 0 Å². The van der Waals surface area contributed by atoms with Crippen LogP contribution in [0.4, 0.5) is 5.69 Å². The van der Waals surface area contributed by atoms with Crippen LogP contribution in [0.15, 0.2) is 24.3 Å². The van der Waals surface area contributed by atoms with E-state index in [0.29, 0.717) is 6.42 Å². The molecule has 0 saturated heterocycles. The highest BCUT2D eigenvalue weighted by molar-refractivity contribution is 5.91. The van der Waals surface area contributed by atoms with Crippen molar-refractivity contribution in [3.05, 3.63) is 24.3 Å². The van der Waals surface area contributed by atoms with Gasteiger partial charge in [-0.15, -0.1) is 0 Å². The smallest absolute Gasteiger partial charge is 0.226 e. The Morgan fingerprint density at radius 1 is 1.37 bits per heavy atom. The molecule has 0 spiro atoms. The van der Waals surface area contributed by atoms with Crippen LogP contribution in [0.25, 0.3) is 0 Å². The van der Waals surface area contributed by atoms with E-state index in [1.807, 2.05) is 38.1 Å². The van der Waals surface area contributed by atoms with E-state index in [9.17, 15) is 4.79 Å². The summed E-state index contributed by atoms with van der Waals surface area (Å²) in [5.41, 5.74) is 6.56. The first-order valence-corrected chi connectivity index (χ1v) is 6.82. The molecule has 1 saturated carbocycles. The SMILES string of the molecule is CC(C)Oc1ccc(NC(=O)CC2(N)CCC2)cc1. The van der Waals surface area contributed by atoms with Crippen molar-refractivity contribution in [2.75, 3.05) is 5.32 Å². The number of rotatable bonds is 5. The van der Waals surface area contributed by atoms with Gasteiger partial charge in [-0.3, -0.25) is 4.79 Å². The zero-order chi connectivity index (χ0) is 13.9. The highest BCUT2D eigenvalue weighted by atomic mass is 16.5. The lowest BCUT2D eigenvalue weighted by Gasteiger charge is -2.37. The maximum atomic E-state index is 11.9. The maximum Gasteiger partial charge on any atom is 0.226 e. The van der Waals surface area contributed by atoms with Gasteiger partial charge in [0.25, 0.3) is 0 Å². The minimum Gasteiger partial charge on any atom is -0.491 e. The molecule has 3 N–H and O–H groups in total. The third-order valence-electron chi connectivity index (χ3n) is 3.37. The fourth-order valence-electron chi connectivity index (χ4n) is 2.22. The molecule has 2 rings (SSSR count). The molecule has 0 aliphatic heterocycles. The number of hydrogen-bond donors (Lipinski definition) is 2. The summed E-state index contributed by atoms with van der Waals surface area (Å²) in [5.74, 6) is 0.794. The van der Waals surface area contributed by atoms with Gasteiger partial charge in [0.05, 0.1) is 6.10 Å². The van der Waals surface area contributed by atoms with Gasteiger partial charge in [-0.2, -0.15) is 0 Å². The molecule has 1 aromatic rings. The van der Waals surface area contributed by atoms with Crippen LogP contribution in [0.2, 0.25) is 0 Å². The molecule has 1 aromatic carbocycles. The average Bonchev–Trinajstić information content (AvgIpc) is 2.29. The normalized spacial score (nSPS) is 16.8. The number of nitrogens with one attached hydrogen (secondary N) is 1. The first kappa shape index (κ1) is 13.9. The quantitative estimate of drug-likeness (QED) is 0.857. The van der Waals surface area contributed by atoms with Crippen molar-refractivity contribution in [3.63, 3.8) is 0 Å². The van der Waals surface area contributed by atoms with Gasteiger partial charge in [0.1, 0.15) is 5.75 Å². The van der Waals surface area contributed by atoms with Crippen LogP contribution in [0.1, 0.15) is 39.5 Å². The molecule has 4 heteroatoms. The Kier molecular flexibility index (Phi) is 4.10. The van der Waals surface area contributed by atoms with Gasteiger partial charge in [0.15, 0.2) is 0 Å². The summed E-state index contributed by atoms with van der Waals surface area (Å²) in [6, 6.07) is 7.41. The molecule has 0 atom stereocenters. The second-order valence-electron chi connectivity index (χ2n) is 5.63. The van der Waals surface area contributed by atoms with Crippen molar-refractivity contribution < 1.29 is 9.53 Å². The Morgan fingerprint density at radius 3 is 2.47 bits per heavy atom. The molecule has 0 bridgehead atoms. The summed E-state index contributed by atoms with van der Waals surface area (Å²) in [7, 11) is 0. The van der Waals surface area contributed by atoms with E-state index in [1.54, 1.807) is 0 Å². The van der Waals surface area contributed by atoms with Gasteiger partial charge in [-0.05, 0) is 57.4 Å². The van der Waals surface area contributed by atoms with E-state index < -0.39 is 0 Å². The Balaban J connectivity index is 1.86. The molecule has 0 aromatic heterocycles. The molecule has 4 nitrogen and oxygen atoms in total. The van der Waals surface area contributed by atoms with Gasteiger partial charge in [0, 0.05) is 17.6 Å². The van der Waals surface area contributed by atoms with Gasteiger partial charge in [0.2, 0.25) is 5.91 Å². The molecular formula is C15H22N2O2. The molecule has 104 valence electrons. The minimum atomic E-state index is -0.273. The molecule has 0 radical (unpaired) electrons. The summed E-state index contributed by atoms with van der Waals surface area (Å²) < 4.78 is 5.55. The van der Waals surface area contributed by atoms with E-state index in [-0.39, 0.29) is 17.6 Å². The fourth-order valence-corrected chi connectivity index (χ4v) is 2.22. The van der Waals surface area contributed by atoms with Gasteiger partial charge >= 0.3 is 0 Å². The maximum absolute atomic E-state index is 11.9. The largest absolute Gasteiger partial charge is 0.491 e. The number of benzene rings is 1. The molecular weight excluding hydrogens is 240 g/mol. The second-order valence-corrected chi connectivity index (χ2v) is 5.63. The zero-order valence-corrected chi connectivity index (χ0v) is 11.6. The van der Waals surface area contributed by atoms with Crippen LogP contribution in [-0.4, -0.2) is 17.6 Å². The highest BCUT2D eigenvalue weighted by Crippen LogP contribution is 2.32. The van der Waals surface area contributed by atoms with Gasteiger partial charge in [-0.25, -0.2) is 0 Å². The summed E-state index contributed by atoms with van der Waals surface area (Å²) >= 11 is 0. The van der Waals surface area contributed by atoms with Crippen LogP contribution < -0.4 is 15.8 Å². The first-order chi connectivity index (χ1) is 8.97. The fraction of sp³-hybridized carbons (Fsp3) is 0.533. The second kappa shape index (κ2) is 5.61. The number of ether oxygens (including phenoxy) is 1. The monoisotopic (exact) mass is 262 g/mol. The molecule has 1 aliphatic rings. The van der Waals surface area contributed by atoms with Crippen molar-refractivity contribution in [1.29, 1.82) is 0 Å². The van der Waals surface area contributed by atoms with Crippen LogP contribution in [0.5, 0.6) is 5.75 Å². The van der Waals surface area contributed by atoms with Crippen molar-refractivity contribution in [2.24, 2.45) is 5.73 Å². The number of anilines is 1. The van der Waals surface area contributed by atoms with E-state index in [2.05, 4.69) is 5.32 Å². The van der Waals surface area contributed by atoms with Gasteiger partial charge < -0.3 is 15.8 Å². The number of nitrogens with two attached hydrogens (primary N) is 1. The third-order valence-corrected chi connectivity index (χ3v) is 3.37. The van der Waals surface area contributed by atoms with Crippen LogP contribution in [0.3, 0.4) is 0 Å². The topological polar surface area (TPSA) is 64.3 Å². The van der Waals surface area contributed by atoms with Crippen LogP contribution in [-0.2, 0) is 4.79 Å². The molecule has 19 heavy (non-hydrogen) atoms. The first-order valence-electron chi connectivity index (χ1n) is 6.82. The Hall–Kier alpha value is -1.55. The van der Waals surface area contributed by atoms with Crippen molar-refractivity contribution in [2.45, 2.75) is 51.2 Å². The van der Waals surface area contributed by atoms with E-state index in [0.717, 1.165) is 30.7 Å². The Morgan fingerprint density at radius 2 is 2.00 bits per heavy atom. The minimum absolute atomic E-state index is 0.0141. The van der Waals surface area contributed by atoms with Crippen LogP contribution >= 0.6 is 0 Å². The standard InChI is InChI=1S/C15H22N2O2/c1-11(2)19-13-6-4-12(5-7-13)17-14(18)10-15(16)8-3-9-15/h4-7,11H,3,8-10,16H2,1-2H3,(H,17,18). The Bertz CT molecular complexity index is 436. The number of hydrogen-bond acceptors (Lipinski definition) is 3. The number of carbonyl (C=O) groups excluding carboxylic acids is 1. The van der Waals surface area contributed by atoms with Crippen molar-refractivity contribution >= 4 is 11.6 Å². The molecule has 1 aliphatic carbocycles. The molecule has 1 amide bonds. The predicted octanol–water partition coefficient (Wildman–Crippen LogP) is 2.68.